The summed E-state index contributed by atoms with van der Waals surface area (Å²) in [6.45, 7) is 4.19. The van der Waals surface area contributed by atoms with Crippen molar-refractivity contribution in [3.63, 3.8) is 0 Å². The molecule has 0 aliphatic rings. The van der Waals surface area contributed by atoms with Crippen molar-refractivity contribution in [2.75, 3.05) is 0 Å². The van der Waals surface area contributed by atoms with E-state index in [1.165, 1.54) is 0 Å². The zero-order valence-electron chi connectivity index (χ0n) is 8.66. The fourth-order valence-electron chi connectivity index (χ4n) is 1.29. The molecule has 0 saturated carbocycles. The van der Waals surface area contributed by atoms with Gasteiger partial charge in [0.05, 0.1) is 12.0 Å². The van der Waals surface area contributed by atoms with Gasteiger partial charge in [-0.2, -0.15) is 0 Å². The van der Waals surface area contributed by atoms with Crippen LogP contribution in [0.3, 0.4) is 0 Å². The lowest BCUT2D eigenvalue weighted by molar-refractivity contribution is 0.200. The van der Waals surface area contributed by atoms with Crippen molar-refractivity contribution in [1.29, 1.82) is 0 Å². The summed E-state index contributed by atoms with van der Waals surface area (Å²) < 4.78 is 5.68. The molecule has 0 radical (unpaired) electrons. The third-order valence-corrected chi connectivity index (χ3v) is 2.29. The Bertz CT molecular complexity index is 278. The lowest BCUT2D eigenvalue weighted by Gasteiger charge is -2.14. The summed E-state index contributed by atoms with van der Waals surface area (Å²) in [4.78, 5) is 4.17. The van der Waals surface area contributed by atoms with Crippen molar-refractivity contribution < 1.29 is 4.74 Å². The fourth-order valence-corrected chi connectivity index (χ4v) is 1.49. The van der Waals surface area contributed by atoms with E-state index in [0.29, 0.717) is 11.8 Å². The molecule has 1 atom stereocenters. The summed E-state index contributed by atoms with van der Waals surface area (Å²) in [6.07, 6.45) is 4.09. The molecule has 0 aliphatic carbocycles. The van der Waals surface area contributed by atoms with Crippen LogP contribution >= 0.6 is 11.6 Å². The summed E-state index contributed by atoms with van der Waals surface area (Å²) in [5, 5.41) is 0. The molecule has 0 fully saturated rings. The molecular formula is C11H16ClNO. The van der Waals surface area contributed by atoms with Gasteiger partial charge in [0, 0.05) is 11.8 Å². The monoisotopic (exact) mass is 213 g/mol. The van der Waals surface area contributed by atoms with Crippen molar-refractivity contribution in [3.05, 3.63) is 23.9 Å². The molecule has 0 N–H and O–H groups in total. The molecule has 1 aromatic heterocycles. The van der Waals surface area contributed by atoms with Crippen molar-refractivity contribution in [2.45, 2.75) is 38.7 Å². The first-order valence-corrected chi connectivity index (χ1v) is 5.48. The van der Waals surface area contributed by atoms with E-state index >= 15 is 0 Å². The molecule has 0 aromatic carbocycles. The highest BCUT2D eigenvalue weighted by Crippen LogP contribution is 2.18. The Kier molecular flexibility index (Phi) is 4.74. The van der Waals surface area contributed by atoms with E-state index in [1.54, 1.807) is 6.20 Å². The van der Waals surface area contributed by atoms with Gasteiger partial charge in [0.25, 0.3) is 0 Å². The maximum absolute atomic E-state index is 5.77. The Morgan fingerprint density at radius 2 is 2.36 bits per heavy atom. The molecule has 0 bridgehead atoms. The van der Waals surface area contributed by atoms with Crippen LogP contribution in [0.4, 0.5) is 0 Å². The first kappa shape index (κ1) is 11.3. The van der Waals surface area contributed by atoms with Gasteiger partial charge in [0.1, 0.15) is 0 Å². The molecule has 1 heterocycles. The van der Waals surface area contributed by atoms with Crippen LogP contribution in [0.1, 0.15) is 32.3 Å². The highest BCUT2D eigenvalue weighted by Gasteiger charge is 2.07. The van der Waals surface area contributed by atoms with Crippen molar-refractivity contribution >= 4 is 11.6 Å². The maximum atomic E-state index is 5.77. The first-order chi connectivity index (χ1) is 6.77. The number of nitrogens with zero attached hydrogens (tertiary/aromatic N) is 1. The van der Waals surface area contributed by atoms with Crippen molar-refractivity contribution in [1.82, 2.24) is 4.98 Å². The molecule has 1 unspecified atom stereocenters. The van der Waals surface area contributed by atoms with Gasteiger partial charge < -0.3 is 4.74 Å². The first-order valence-electron chi connectivity index (χ1n) is 4.94. The molecule has 2 nitrogen and oxygen atoms in total. The van der Waals surface area contributed by atoms with Crippen molar-refractivity contribution in [2.24, 2.45) is 0 Å². The second-order valence-corrected chi connectivity index (χ2v) is 3.59. The number of hydrogen-bond acceptors (Lipinski definition) is 2. The average molecular weight is 214 g/mol. The predicted octanol–water partition coefficient (Wildman–Crippen LogP) is 3.39. The minimum absolute atomic E-state index is 0.205. The third kappa shape index (κ3) is 3.18. The lowest BCUT2D eigenvalue weighted by Crippen LogP contribution is -2.12. The summed E-state index contributed by atoms with van der Waals surface area (Å²) in [5.41, 5.74) is 0.956. The van der Waals surface area contributed by atoms with Crippen LogP contribution in [0, 0.1) is 0 Å². The standard InChI is InChI=1S/C11H16ClNO/c1-3-5-9(2)14-11-10(8-12)6-4-7-13-11/h4,6-7,9H,3,5,8H2,1-2H3. The maximum Gasteiger partial charge on any atom is 0.217 e. The molecular weight excluding hydrogens is 198 g/mol. The number of hydrogen-bond donors (Lipinski definition) is 0. The van der Waals surface area contributed by atoms with E-state index in [4.69, 9.17) is 16.3 Å². The number of halogens is 1. The Labute approximate surface area is 90.3 Å². The van der Waals surface area contributed by atoms with Gasteiger partial charge >= 0.3 is 0 Å². The highest BCUT2D eigenvalue weighted by atomic mass is 35.5. The number of rotatable bonds is 5. The molecule has 1 aromatic rings. The normalized spacial score (nSPS) is 12.5. The van der Waals surface area contributed by atoms with Crippen LogP contribution in [0.2, 0.25) is 0 Å². The van der Waals surface area contributed by atoms with E-state index in [1.807, 2.05) is 12.1 Å². The largest absolute Gasteiger partial charge is 0.474 e. The average Bonchev–Trinajstić information content (AvgIpc) is 2.19. The Morgan fingerprint density at radius 3 is 3.00 bits per heavy atom. The van der Waals surface area contributed by atoms with Gasteiger partial charge in [-0.05, 0) is 19.4 Å². The fraction of sp³-hybridized carbons (Fsp3) is 0.545. The molecule has 0 amide bonds. The molecule has 14 heavy (non-hydrogen) atoms. The quantitative estimate of drug-likeness (QED) is 0.700. The smallest absolute Gasteiger partial charge is 0.217 e. The summed E-state index contributed by atoms with van der Waals surface area (Å²) in [5.74, 6) is 1.12. The zero-order valence-corrected chi connectivity index (χ0v) is 9.42. The topological polar surface area (TPSA) is 22.1 Å². The van der Waals surface area contributed by atoms with Crippen LogP contribution in [0.25, 0.3) is 0 Å². The van der Waals surface area contributed by atoms with Gasteiger partial charge in [0.2, 0.25) is 5.88 Å². The van der Waals surface area contributed by atoms with E-state index in [9.17, 15) is 0 Å². The lowest BCUT2D eigenvalue weighted by atomic mass is 10.2. The van der Waals surface area contributed by atoms with E-state index in [-0.39, 0.29) is 6.10 Å². The minimum Gasteiger partial charge on any atom is -0.474 e. The summed E-state index contributed by atoms with van der Waals surface area (Å²) in [6, 6.07) is 3.81. The van der Waals surface area contributed by atoms with E-state index in [0.717, 1.165) is 18.4 Å². The molecule has 3 heteroatoms. The van der Waals surface area contributed by atoms with Gasteiger partial charge in [-0.15, -0.1) is 11.6 Å². The third-order valence-electron chi connectivity index (χ3n) is 2.00. The number of alkyl halides is 1. The van der Waals surface area contributed by atoms with Crippen LogP contribution in [-0.4, -0.2) is 11.1 Å². The van der Waals surface area contributed by atoms with Crippen LogP contribution in [0.15, 0.2) is 18.3 Å². The van der Waals surface area contributed by atoms with Crippen LogP contribution in [-0.2, 0) is 5.88 Å². The molecule has 0 spiro atoms. The second-order valence-electron chi connectivity index (χ2n) is 3.32. The second kappa shape index (κ2) is 5.86. The van der Waals surface area contributed by atoms with Crippen LogP contribution < -0.4 is 4.74 Å². The van der Waals surface area contributed by atoms with E-state index < -0.39 is 0 Å². The predicted molar refractivity (Wildman–Crippen MR) is 58.8 cm³/mol. The minimum atomic E-state index is 0.205. The van der Waals surface area contributed by atoms with E-state index in [2.05, 4.69) is 18.8 Å². The Balaban J connectivity index is 2.65. The Morgan fingerprint density at radius 1 is 1.57 bits per heavy atom. The number of aromatic nitrogens is 1. The Hall–Kier alpha value is -0.760. The molecule has 1 rings (SSSR count). The van der Waals surface area contributed by atoms with Crippen LogP contribution in [0.5, 0.6) is 5.88 Å². The molecule has 0 saturated heterocycles. The zero-order chi connectivity index (χ0) is 10.4. The van der Waals surface area contributed by atoms with Crippen molar-refractivity contribution in [3.8, 4) is 5.88 Å². The van der Waals surface area contributed by atoms with Gasteiger partial charge in [-0.25, -0.2) is 4.98 Å². The summed E-state index contributed by atoms with van der Waals surface area (Å²) >= 11 is 5.77. The molecule has 78 valence electrons. The van der Waals surface area contributed by atoms with Gasteiger partial charge in [0.15, 0.2) is 0 Å². The number of pyridine rings is 1. The van der Waals surface area contributed by atoms with Gasteiger partial charge in [-0.1, -0.05) is 19.4 Å². The van der Waals surface area contributed by atoms with Gasteiger partial charge in [-0.3, -0.25) is 0 Å². The molecule has 0 aliphatic heterocycles. The SMILES string of the molecule is CCCC(C)Oc1ncccc1CCl. The summed E-state index contributed by atoms with van der Waals surface area (Å²) in [7, 11) is 0. The highest BCUT2D eigenvalue weighted by molar-refractivity contribution is 6.17. The number of ether oxygens (including phenoxy) is 1.